The second-order valence-electron chi connectivity index (χ2n) is 6.16. The first kappa shape index (κ1) is 14.6. The Bertz CT molecular complexity index is 383. The van der Waals surface area contributed by atoms with Crippen molar-refractivity contribution >= 4 is 0 Å². The molecule has 3 saturated heterocycles. The third-order valence-electron chi connectivity index (χ3n) is 4.18. The first-order valence-corrected chi connectivity index (χ1v) is 6.85. The van der Waals surface area contributed by atoms with Gasteiger partial charge >= 0.3 is 0 Å². The quantitative estimate of drug-likeness (QED) is 0.670. The van der Waals surface area contributed by atoms with Crippen molar-refractivity contribution in [2.24, 2.45) is 0 Å². The first-order chi connectivity index (χ1) is 9.32. The lowest BCUT2D eigenvalue weighted by Gasteiger charge is -2.51. The maximum Gasteiger partial charge on any atom is 0.227 e. The Kier molecular flexibility index (Phi) is 3.37. The fourth-order valence-electron chi connectivity index (χ4n) is 3.13. The fraction of sp³-hybridized carbons (Fsp3) is 1.00. The molecular formula is C13H22O7. The predicted octanol–water partition coefficient (Wildman–Crippen LogP) is -0.608. The second kappa shape index (κ2) is 4.61. The zero-order valence-electron chi connectivity index (χ0n) is 12.0. The zero-order chi connectivity index (χ0) is 14.6. The van der Waals surface area contributed by atoms with Crippen molar-refractivity contribution in [1.29, 1.82) is 0 Å². The number of ether oxygens (including phenoxy) is 5. The van der Waals surface area contributed by atoms with Gasteiger partial charge in [-0.15, -0.1) is 0 Å². The van der Waals surface area contributed by atoms with E-state index in [-0.39, 0.29) is 25.7 Å². The Hall–Kier alpha value is -0.280. The minimum Gasteiger partial charge on any atom is -0.388 e. The van der Waals surface area contributed by atoms with Gasteiger partial charge in [-0.2, -0.15) is 0 Å². The van der Waals surface area contributed by atoms with Crippen molar-refractivity contribution in [2.75, 3.05) is 26.9 Å². The van der Waals surface area contributed by atoms with Crippen LogP contribution < -0.4 is 0 Å². The zero-order valence-corrected chi connectivity index (χ0v) is 12.0. The van der Waals surface area contributed by atoms with Crippen LogP contribution in [0.15, 0.2) is 0 Å². The van der Waals surface area contributed by atoms with E-state index in [1.165, 1.54) is 7.11 Å². The smallest absolute Gasteiger partial charge is 0.227 e. The summed E-state index contributed by atoms with van der Waals surface area (Å²) in [5.41, 5.74) is -1.53. The Balaban J connectivity index is 1.94. The van der Waals surface area contributed by atoms with E-state index >= 15 is 0 Å². The molecule has 7 nitrogen and oxygen atoms in total. The van der Waals surface area contributed by atoms with Gasteiger partial charge in [0.25, 0.3) is 0 Å². The minimum atomic E-state index is -1.53. The van der Waals surface area contributed by atoms with Crippen LogP contribution in [0.25, 0.3) is 0 Å². The van der Waals surface area contributed by atoms with Gasteiger partial charge < -0.3 is 33.9 Å². The van der Waals surface area contributed by atoms with Gasteiger partial charge in [0.1, 0.15) is 18.8 Å². The molecule has 3 fully saturated rings. The highest BCUT2D eigenvalue weighted by Gasteiger charge is 2.68. The van der Waals surface area contributed by atoms with Crippen LogP contribution in [0.4, 0.5) is 0 Å². The van der Waals surface area contributed by atoms with Gasteiger partial charge in [-0.05, 0) is 13.8 Å². The summed E-state index contributed by atoms with van der Waals surface area (Å²) in [5, 5.41) is 21.3. The summed E-state index contributed by atoms with van der Waals surface area (Å²) in [6.07, 6.45) is -1.56. The molecule has 2 N–H and O–H groups in total. The molecule has 0 amide bonds. The summed E-state index contributed by atoms with van der Waals surface area (Å²) >= 11 is 0. The van der Waals surface area contributed by atoms with Gasteiger partial charge in [-0.3, -0.25) is 0 Å². The maximum atomic E-state index is 11.2. The lowest BCUT2D eigenvalue weighted by atomic mass is 9.78. The molecule has 5 atom stereocenters. The number of hydrogen-bond acceptors (Lipinski definition) is 7. The van der Waals surface area contributed by atoms with E-state index in [1.54, 1.807) is 13.8 Å². The van der Waals surface area contributed by atoms with E-state index < -0.39 is 29.4 Å². The first-order valence-electron chi connectivity index (χ1n) is 6.85. The van der Waals surface area contributed by atoms with Crippen LogP contribution in [-0.4, -0.2) is 72.6 Å². The lowest BCUT2D eigenvalue weighted by molar-refractivity contribution is -0.381. The molecule has 1 unspecified atom stereocenters. The van der Waals surface area contributed by atoms with E-state index in [1.807, 2.05) is 0 Å². The number of rotatable bonds is 3. The molecule has 3 rings (SSSR count). The van der Waals surface area contributed by atoms with E-state index in [2.05, 4.69) is 0 Å². The molecule has 0 bridgehead atoms. The monoisotopic (exact) mass is 290 g/mol. The average molecular weight is 290 g/mol. The Morgan fingerprint density at radius 1 is 1.25 bits per heavy atom. The number of methoxy groups -OCH3 is 1. The topological polar surface area (TPSA) is 89.9 Å². The maximum absolute atomic E-state index is 11.2. The highest BCUT2D eigenvalue weighted by atomic mass is 16.8. The number of aliphatic hydroxyl groups is 2. The average Bonchev–Trinajstić information content (AvgIpc) is 3.10. The Morgan fingerprint density at radius 2 is 1.95 bits per heavy atom. The third kappa shape index (κ3) is 2.18. The summed E-state index contributed by atoms with van der Waals surface area (Å²) < 4.78 is 27.6. The normalized spacial score (nSPS) is 50.5. The molecule has 3 aliphatic heterocycles. The molecule has 20 heavy (non-hydrogen) atoms. The lowest BCUT2D eigenvalue weighted by Crippen LogP contribution is -2.72. The molecular weight excluding hydrogens is 268 g/mol. The summed E-state index contributed by atoms with van der Waals surface area (Å²) in [7, 11) is 1.45. The highest BCUT2D eigenvalue weighted by molar-refractivity contribution is 5.10. The van der Waals surface area contributed by atoms with Crippen molar-refractivity contribution in [3.63, 3.8) is 0 Å². The Morgan fingerprint density at radius 3 is 2.45 bits per heavy atom. The van der Waals surface area contributed by atoms with Crippen LogP contribution in [0, 0.1) is 0 Å². The molecule has 1 spiro atoms. The molecule has 0 aromatic heterocycles. The number of hydrogen-bond donors (Lipinski definition) is 2. The summed E-state index contributed by atoms with van der Waals surface area (Å²) in [6.45, 7) is 4.19. The molecule has 116 valence electrons. The van der Waals surface area contributed by atoms with Crippen molar-refractivity contribution in [3.05, 3.63) is 0 Å². The molecule has 3 aliphatic rings. The second-order valence-corrected chi connectivity index (χ2v) is 6.16. The predicted molar refractivity (Wildman–Crippen MR) is 65.9 cm³/mol. The van der Waals surface area contributed by atoms with Crippen LogP contribution in [0.1, 0.15) is 20.3 Å². The Labute approximate surface area is 117 Å². The number of aliphatic hydroxyl groups excluding tert-OH is 1. The summed E-state index contributed by atoms with van der Waals surface area (Å²) in [4.78, 5) is 0. The molecule has 0 aromatic rings. The molecule has 3 heterocycles. The van der Waals surface area contributed by atoms with Gasteiger partial charge in [0.05, 0.1) is 19.3 Å². The van der Waals surface area contributed by atoms with Crippen LogP contribution in [-0.2, 0) is 23.7 Å². The van der Waals surface area contributed by atoms with Crippen molar-refractivity contribution < 1.29 is 33.9 Å². The van der Waals surface area contributed by atoms with Crippen LogP contribution in [0.5, 0.6) is 0 Å². The molecule has 7 heteroatoms. The van der Waals surface area contributed by atoms with Crippen LogP contribution >= 0.6 is 0 Å². The van der Waals surface area contributed by atoms with E-state index in [4.69, 9.17) is 23.7 Å². The van der Waals surface area contributed by atoms with Crippen LogP contribution in [0.3, 0.4) is 0 Å². The van der Waals surface area contributed by atoms with Gasteiger partial charge in [-0.1, -0.05) is 0 Å². The molecule has 0 saturated carbocycles. The molecule has 0 aliphatic carbocycles. The minimum absolute atomic E-state index is 0.0196. The summed E-state index contributed by atoms with van der Waals surface area (Å²) in [6, 6.07) is 0. The molecule has 0 aromatic carbocycles. The van der Waals surface area contributed by atoms with Gasteiger partial charge in [0, 0.05) is 13.5 Å². The van der Waals surface area contributed by atoms with E-state index in [9.17, 15) is 10.2 Å². The fourth-order valence-corrected chi connectivity index (χ4v) is 3.13. The van der Waals surface area contributed by atoms with Gasteiger partial charge in [0.2, 0.25) is 5.79 Å². The van der Waals surface area contributed by atoms with Crippen molar-refractivity contribution in [3.8, 4) is 0 Å². The van der Waals surface area contributed by atoms with Gasteiger partial charge in [0.15, 0.2) is 11.4 Å². The standard InChI is InChI=1S/C13H22O7/c1-11(2)19-7-13(20-11)12(15,4-8-5-17-8)10(16-3)9(14)6-18-13/h8-10,14-15H,4-7H2,1-3H3/t8?,9-,10-,12+,13+/m1/s1. The van der Waals surface area contributed by atoms with E-state index in [0.29, 0.717) is 6.61 Å². The van der Waals surface area contributed by atoms with Crippen molar-refractivity contribution in [1.82, 2.24) is 0 Å². The SMILES string of the molecule is CO[C@@H]1[C@H](O)CO[C@]2(COC(C)(C)O2)[C@]1(O)CC1CO1. The summed E-state index contributed by atoms with van der Waals surface area (Å²) in [5.74, 6) is -2.21. The number of epoxide rings is 1. The van der Waals surface area contributed by atoms with E-state index in [0.717, 1.165) is 0 Å². The van der Waals surface area contributed by atoms with Crippen LogP contribution in [0.2, 0.25) is 0 Å². The van der Waals surface area contributed by atoms with Crippen molar-refractivity contribution in [2.45, 2.75) is 55.8 Å². The largest absolute Gasteiger partial charge is 0.388 e. The third-order valence-corrected chi connectivity index (χ3v) is 4.18. The highest BCUT2D eigenvalue weighted by Crippen LogP contribution is 2.48. The van der Waals surface area contributed by atoms with Gasteiger partial charge in [-0.25, -0.2) is 0 Å². The molecule has 0 radical (unpaired) electrons.